The van der Waals surface area contributed by atoms with Crippen molar-refractivity contribution in [1.82, 2.24) is 29.5 Å². The maximum Gasteiger partial charge on any atom is 0.256 e. The van der Waals surface area contributed by atoms with Gasteiger partial charge in [-0.1, -0.05) is 0 Å². The van der Waals surface area contributed by atoms with Crippen molar-refractivity contribution < 1.29 is 14.3 Å². The Hall–Kier alpha value is -3.53. The highest BCUT2D eigenvalue weighted by Crippen LogP contribution is 2.31. The Morgan fingerprint density at radius 1 is 1.24 bits per heavy atom. The molecule has 3 N–H and O–H groups in total. The van der Waals surface area contributed by atoms with Gasteiger partial charge in [0, 0.05) is 50.5 Å². The number of aryl methyl sites for hydroxylation is 1. The Kier molecular flexibility index (Phi) is 4.85. The van der Waals surface area contributed by atoms with Gasteiger partial charge < -0.3 is 20.3 Å². The first-order chi connectivity index (χ1) is 14.1. The van der Waals surface area contributed by atoms with Gasteiger partial charge in [0.15, 0.2) is 5.65 Å². The third-order valence-electron chi connectivity index (χ3n) is 4.71. The SMILES string of the molecule is CNC(=O)c1cnn2c(NC)cc(-c3cn(CCCO)c4ncc(F)cc34)nc12. The van der Waals surface area contributed by atoms with E-state index in [-0.39, 0.29) is 12.5 Å². The summed E-state index contributed by atoms with van der Waals surface area (Å²) in [5.74, 6) is -0.130. The highest BCUT2D eigenvalue weighted by atomic mass is 19.1. The van der Waals surface area contributed by atoms with Crippen LogP contribution in [0.2, 0.25) is 0 Å². The molecule has 4 heterocycles. The second-order valence-electron chi connectivity index (χ2n) is 6.49. The monoisotopic (exact) mass is 397 g/mol. The van der Waals surface area contributed by atoms with Gasteiger partial charge >= 0.3 is 0 Å². The second-order valence-corrected chi connectivity index (χ2v) is 6.49. The van der Waals surface area contributed by atoms with E-state index < -0.39 is 5.82 Å². The molecule has 0 unspecified atom stereocenters. The summed E-state index contributed by atoms with van der Waals surface area (Å²) in [6.07, 6.45) is 5.00. The maximum absolute atomic E-state index is 13.9. The Morgan fingerprint density at radius 3 is 2.79 bits per heavy atom. The number of aliphatic hydroxyl groups is 1. The average molecular weight is 397 g/mol. The smallest absolute Gasteiger partial charge is 0.256 e. The number of rotatable bonds is 6. The molecule has 0 saturated carbocycles. The van der Waals surface area contributed by atoms with E-state index in [1.165, 1.54) is 23.8 Å². The van der Waals surface area contributed by atoms with Crippen molar-refractivity contribution in [3.05, 3.63) is 42.1 Å². The zero-order chi connectivity index (χ0) is 20.5. The van der Waals surface area contributed by atoms with Crippen molar-refractivity contribution in [2.75, 3.05) is 26.0 Å². The number of aromatic nitrogens is 5. The normalized spacial score (nSPS) is 11.3. The van der Waals surface area contributed by atoms with Crippen molar-refractivity contribution in [3.63, 3.8) is 0 Å². The lowest BCUT2D eigenvalue weighted by Crippen LogP contribution is -2.18. The molecular weight excluding hydrogens is 377 g/mol. The molecule has 1 amide bonds. The zero-order valence-electron chi connectivity index (χ0n) is 16.0. The number of pyridine rings is 1. The summed E-state index contributed by atoms with van der Waals surface area (Å²) in [5, 5.41) is 19.6. The maximum atomic E-state index is 13.9. The Morgan fingerprint density at radius 2 is 2.07 bits per heavy atom. The van der Waals surface area contributed by atoms with Gasteiger partial charge in [-0.3, -0.25) is 4.79 Å². The molecule has 9 nitrogen and oxygen atoms in total. The summed E-state index contributed by atoms with van der Waals surface area (Å²) in [6.45, 7) is 0.568. The van der Waals surface area contributed by atoms with E-state index in [0.717, 1.165) is 6.20 Å². The number of halogens is 1. The van der Waals surface area contributed by atoms with Crippen LogP contribution in [0.15, 0.2) is 30.7 Å². The van der Waals surface area contributed by atoms with Gasteiger partial charge in [-0.15, -0.1) is 0 Å². The van der Waals surface area contributed by atoms with Crippen LogP contribution in [0.1, 0.15) is 16.8 Å². The van der Waals surface area contributed by atoms with E-state index in [1.54, 1.807) is 13.1 Å². The van der Waals surface area contributed by atoms with Crippen molar-refractivity contribution in [2.24, 2.45) is 0 Å². The van der Waals surface area contributed by atoms with E-state index >= 15 is 0 Å². The quantitative estimate of drug-likeness (QED) is 0.457. The van der Waals surface area contributed by atoms with Crippen LogP contribution in [-0.2, 0) is 6.54 Å². The topological polar surface area (TPSA) is 109 Å². The molecule has 0 atom stereocenters. The van der Waals surface area contributed by atoms with Gasteiger partial charge in [0.05, 0.1) is 18.1 Å². The predicted molar refractivity (Wildman–Crippen MR) is 106 cm³/mol. The molecule has 4 rings (SSSR count). The summed E-state index contributed by atoms with van der Waals surface area (Å²) >= 11 is 0. The van der Waals surface area contributed by atoms with Crippen LogP contribution in [0.5, 0.6) is 0 Å². The van der Waals surface area contributed by atoms with Gasteiger partial charge in [0.2, 0.25) is 0 Å². The molecule has 0 bridgehead atoms. The first-order valence-electron chi connectivity index (χ1n) is 9.11. The first kappa shape index (κ1) is 18.8. The Labute approximate surface area is 165 Å². The predicted octanol–water partition coefficient (Wildman–Crippen LogP) is 1.67. The highest BCUT2D eigenvalue weighted by Gasteiger charge is 2.19. The minimum atomic E-state index is -0.455. The summed E-state index contributed by atoms with van der Waals surface area (Å²) in [5.41, 5.74) is 2.54. The molecule has 0 fully saturated rings. The van der Waals surface area contributed by atoms with Crippen LogP contribution in [0.3, 0.4) is 0 Å². The van der Waals surface area contributed by atoms with Gasteiger partial charge in [0.1, 0.15) is 22.8 Å². The Balaban J connectivity index is 1.97. The van der Waals surface area contributed by atoms with Gasteiger partial charge in [-0.25, -0.2) is 14.4 Å². The van der Waals surface area contributed by atoms with E-state index in [1.807, 2.05) is 10.8 Å². The van der Waals surface area contributed by atoms with Crippen molar-refractivity contribution in [3.8, 4) is 11.3 Å². The lowest BCUT2D eigenvalue weighted by Gasteiger charge is -2.08. The number of hydrogen-bond donors (Lipinski definition) is 3. The second kappa shape index (κ2) is 7.47. The third-order valence-corrected chi connectivity index (χ3v) is 4.71. The van der Waals surface area contributed by atoms with Gasteiger partial charge in [-0.05, 0) is 12.5 Å². The highest BCUT2D eigenvalue weighted by molar-refractivity contribution is 6.00. The molecule has 0 aliphatic heterocycles. The number of fused-ring (bicyclic) bond motifs is 2. The molecule has 0 radical (unpaired) electrons. The number of nitrogens with zero attached hydrogens (tertiary/aromatic N) is 5. The number of aliphatic hydroxyl groups excluding tert-OH is 1. The lowest BCUT2D eigenvalue weighted by molar-refractivity contribution is 0.0964. The summed E-state index contributed by atoms with van der Waals surface area (Å²) in [6, 6.07) is 3.19. The van der Waals surface area contributed by atoms with Crippen LogP contribution in [0.4, 0.5) is 10.2 Å². The number of anilines is 1. The fourth-order valence-electron chi connectivity index (χ4n) is 3.34. The van der Waals surface area contributed by atoms with Crippen molar-refractivity contribution in [2.45, 2.75) is 13.0 Å². The van der Waals surface area contributed by atoms with Gasteiger partial charge in [-0.2, -0.15) is 9.61 Å². The molecule has 150 valence electrons. The summed E-state index contributed by atoms with van der Waals surface area (Å²) in [7, 11) is 3.28. The summed E-state index contributed by atoms with van der Waals surface area (Å²) in [4.78, 5) is 21.1. The lowest BCUT2D eigenvalue weighted by atomic mass is 10.1. The molecule has 29 heavy (non-hydrogen) atoms. The van der Waals surface area contributed by atoms with Crippen LogP contribution in [-0.4, -0.2) is 55.9 Å². The van der Waals surface area contributed by atoms with E-state index in [9.17, 15) is 14.3 Å². The minimum absolute atomic E-state index is 0.0373. The molecule has 0 aromatic carbocycles. The molecule has 10 heteroatoms. The molecule has 0 aliphatic carbocycles. The molecule has 0 spiro atoms. The number of amides is 1. The molecule has 0 aliphatic rings. The Bertz CT molecular complexity index is 1210. The first-order valence-corrected chi connectivity index (χ1v) is 9.11. The van der Waals surface area contributed by atoms with Crippen molar-refractivity contribution in [1.29, 1.82) is 0 Å². The molecule has 4 aromatic heterocycles. The molecule has 4 aromatic rings. The minimum Gasteiger partial charge on any atom is -0.396 e. The van der Waals surface area contributed by atoms with Crippen LogP contribution in [0.25, 0.3) is 27.9 Å². The molecule has 0 saturated heterocycles. The third kappa shape index (κ3) is 3.17. The zero-order valence-corrected chi connectivity index (χ0v) is 16.0. The summed E-state index contributed by atoms with van der Waals surface area (Å²) < 4.78 is 17.3. The van der Waals surface area contributed by atoms with Crippen LogP contribution >= 0.6 is 0 Å². The van der Waals surface area contributed by atoms with Crippen molar-refractivity contribution >= 4 is 28.4 Å². The number of hydrogen-bond acceptors (Lipinski definition) is 6. The fraction of sp³-hybridized carbons (Fsp3) is 0.263. The standard InChI is InChI=1S/C19H20FN7O2/c1-21-16-7-15(25-18-13(19(29)22-2)9-24-27(16)18)14-10-26(4-3-5-28)17-12(14)6-11(20)8-23-17/h6-10,21,28H,3-5H2,1-2H3,(H,22,29). The fourth-order valence-corrected chi connectivity index (χ4v) is 3.34. The van der Waals surface area contributed by atoms with Crippen LogP contribution in [0, 0.1) is 5.82 Å². The number of carbonyl (C=O) groups excluding carboxylic acids is 1. The number of carbonyl (C=O) groups is 1. The number of nitrogens with one attached hydrogen (secondary N) is 2. The van der Waals surface area contributed by atoms with E-state index in [4.69, 9.17) is 0 Å². The average Bonchev–Trinajstić information content (AvgIpc) is 3.32. The largest absolute Gasteiger partial charge is 0.396 e. The van der Waals surface area contributed by atoms with Gasteiger partial charge in [0.25, 0.3) is 5.91 Å². The van der Waals surface area contributed by atoms with E-state index in [2.05, 4.69) is 25.7 Å². The molecular formula is C19H20FN7O2. The van der Waals surface area contributed by atoms with E-state index in [0.29, 0.717) is 52.3 Å². The van der Waals surface area contributed by atoms with Crippen LogP contribution < -0.4 is 10.6 Å².